The van der Waals surface area contributed by atoms with Crippen LogP contribution in [-0.4, -0.2) is 16.5 Å². The quantitative estimate of drug-likeness (QED) is 0.865. The Morgan fingerprint density at radius 1 is 1.28 bits per heavy atom. The molecule has 4 nitrogen and oxygen atoms in total. The number of nitrogens with zero attached hydrogens (tertiary/aromatic N) is 1. The minimum atomic E-state index is -0.148. The van der Waals surface area contributed by atoms with Crippen molar-refractivity contribution in [3.63, 3.8) is 0 Å². The molecule has 0 radical (unpaired) electrons. The van der Waals surface area contributed by atoms with E-state index in [2.05, 4.69) is 41.3 Å². The number of rotatable bonds is 4. The lowest BCUT2D eigenvalue weighted by Gasteiger charge is -2.25. The van der Waals surface area contributed by atoms with Crippen molar-refractivity contribution < 1.29 is 0 Å². The van der Waals surface area contributed by atoms with Crippen molar-refractivity contribution in [3.8, 4) is 0 Å². The number of nitrogens with one attached hydrogen (secondary N) is 2. The van der Waals surface area contributed by atoms with Gasteiger partial charge >= 0.3 is 0 Å². The van der Waals surface area contributed by atoms with E-state index in [0.29, 0.717) is 12.4 Å². The second kappa shape index (κ2) is 5.04. The first-order valence-corrected chi connectivity index (χ1v) is 5.92. The minimum Gasteiger partial charge on any atom is -0.369 e. The van der Waals surface area contributed by atoms with Gasteiger partial charge in [-0.15, -0.1) is 0 Å². The van der Waals surface area contributed by atoms with E-state index in [-0.39, 0.29) is 11.0 Å². The van der Waals surface area contributed by atoms with E-state index in [1.54, 1.807) is 0 Å². The van der Waals surface area contributed by atoms with Gasteiger partial charge in [-0.2, -0.15) is 0 Å². The molecule has 0 aliphatic heterocycles. The Kier molecular flexibility index (Phi) is 3.46. The third kappa shape index (κ3) is 2.97. The van der Waals surface area contributed by atoms with Gasteiger partial charge < -0.3 is 10.3 Å². The van der Waals surface area contributed by atoms with E-state index in [1.165, 1.54) is 18.0 Å². The summed E-state index contributed by atoms with van der Waals surface area (Å²) in [6, 6.07) is 11.7. The van der Waals surface area contributed by atoms with Crippen LogP contribution in [0.15, 0.2) is 47.5 Å². The van der Waals surface area contributed by atoms with Crippen LogP contribution >= 0.6 is 0 Å². The van der Waals surface area contributed by atoms with Gasteiger partial charge in [-0.1, -0.05) is 44.2 Å². The van der Waals surface area contributed by atoms with Crippen LogP contribution < -0.4 is 10.9 Å². The van der Waals surface area contributed by atoms with Gasteiger partial charge in [-0.3, -0.25) is 4.79 Å². The summed E-state index contributed by atoms with van der Waals surface area (Å²) in [5, 5.41) is 3.19. The zero-order valence-corrected chi connectivity index (χ0v) is 10.6. The Bertz CT molecular complexity index is 561. The molecule has 18 heavy (non-hydrogen) atoms. The van der Waals surface area contributed by atoms with Crippen molar-refractivity contribution >= 4 is 5.82 Å². The van der Waals surface area contributed by atoms with Gasteiger partial charge in [-0.05, 0) is 5.56 Å². The molecule has 0 saturated carbocycles. The standard InChI is InChI=1S/C14H17N3O/c1-14(2,11-6-4-3-5-7-11)9-15-12-8-13(18)17-10-16-12/h3-8,10H,9H2,1-2H3,(H2,15,16,17,18). The molecule has 2 aromatic rings. The summed E-state index contributed by atoms with van der Waals surface area (Å²) in [7, 11) is 0. The molecular formula is C14H17N3O. The molecule has 0 fully saturated rings. The Morgan fingerprint density at radius 3 is 2.67 bits per heavy atom. The molecule has 0 bridgehead atoms. The summed E-state index contributed by atoms with van der Waals surface area (Å²) >= 11 is 0. The van der Waals surface area contributed by atoms with Crippen molar-refractivity contribution in [1.82, 2.24) is 9.97 Å². The fraction of sp³-hybridized carbons (Fsp3) is 0.286. The minimum absolute atomic E-state index is 0.0223. The largest absolute Gasteiger partial charge is 0.369 e. The predicted molar refractivity (Wildman–Crippen MR) is 72.8 cm³/mol. The first-order valence-electron chi connectivity index (χ1n) is 5.92. The van der Waals surface area contributed by atoms with E-state index in [4.69, 9.17) is 0 Å². The summed E-state index contributed by atoms with van der Waals surface area (Å²) in [5.41, 5.74) is 1.08. The van der Waals surface area contributed by atoms with Gasteiger partial charge in [0.1, 0.15) is 5.82 Å². The number of benzene rings is 1. The van der Waals surface area contributed by atoms with Crippen LogP contribution in [0, 0.1) is 0 Å². The summed E-state index contributed by atoms with van der Waals surface area (Å²) < 4.78 is 0. The van der Waals surface area contributed by atoms with Gasteiger partial charge in [0.05, 0.1) is 6.33 Å². The topological polar surface area (TPSA) is 57.8 Å². The van der Waals surface area contributed by atoms with Crippen LogP contribution in [-0.2, 0) is 5.41 Å². The van der Waals surface area contributed by atoms with Gasteiger partial charge in [0.25, 0.3) is 5.56 Å². The van der Waals surface area contributed by atoms with Crippen molar-refractivity contribution in [2.75, 3.05) is 11.9 Å². The van der Waals surface area contributed by atoms with Crippen LogP contribution in [0.4, 0.5) is 5.82 Å². The van der Waals surface area contributed by atoms with Gasteiger partial charge in [0.15, 0.2) is 0 Å². The van der Waals surface area contributed by atoms with E-state index >= 15 is 0 Å². The lowest BCUT2D eigenvalue weighted by atomic mass is 9.85. The second-order valence-corrected chi connectivity index (χ2v) is 4.90. The summed E-state index contributed by atoms with van der Waals surface area (Å²) in [6.45, 7) is 5.03. The lowest BCUT2D eigenvalue weighted by molar-refractivity contribution is 0.556. The fourth-order valence-corrected chi connectivity index (χ4v) is 1.77. The van der Waals surface area contributed by atoms with Gasteiger partial charge in [0.2, 0.25) is 0 Å². The van der Waals surface area contributed by atoms with Crippen molar-refractivity contribution in [2.45, 2.75) is 19.3 Å². The molecule has 0 atom stereocenters. The predicted octanol–water partition coefficient (Wildman–Crippen LogP) is 2.16. The Balaban J connectivity index is 2.08. The van der Waals surface area contributed by atoms with Crippen molar-refractivity contribution in [2.24, 2.45) is 0 Å². The molecule has 94 valence electrons. The normalized spacial score (nSPS) is 11.2. The van der Waals surface area contributed by atoms with E-state index in [0.717, 1.165) is 0 Å². The van der Waals surface area contributed by atoms with Crippen LogP contribution in [0.1, 0.15) is 19.4 Å². The second-order valence-electron chi connectivity index (χ2n) is 4.90. The summed E-state index contributed by atoms with van der Waals surface area (Å²) in [6.07, 6.45) is 1.40. The van der Waals surface area contributed by atoms with Crippen molar-refractivity contribution in [3.05, 3.63) is 58.6 Å². The van der Waals surface area contributed by atoms with Gasteiger partial charge in [0, 0.05) is 18.0 Å². The monoisotopic (exact) mass is 243 g/mol. The van der Waals surface area contributed by atoms with Crippen LogP contribution in [0.3, 0.4) is 0 Å². The molecule has 0 spiro atoms. The molecule has 1 aromatic carbocycles. The SMILES string of the molecule is CC(C)(CNc1cc(=O)[nH]cn1)c1ccccc1. The molecule has 0 saturated heterocycles. The molecule has 1 aromatic heterocycles. The molecule has 0 aliphatic rings. The maximum atomic E-state index is 11.1. The third-order valence-electron chi connectivity index (χ3n) is 2.94. The molecule has 2 N–H and O–H groups in total. The Hall–Kier alpha value is -2.10. The fourth-order valence-electron chi connectivity index (χ4n) is 1.77. The molecule has 4 heteroatoms. The zero-order valence-electron chi connectivity index (χ0n) is 10.6. The zero-order chi connectivity index (χ0) is 13.0. The van der Waals surface area contributed by atoms with Crippen molar-refractivity contribution in [1.29, 1.82) is 0 Å². The number of hydrogen-bond donors (Lipinski definition) is 2. The molecule has 2 rings (SSSR count). The molecule has 0 unspecified atom stereocenters. The Labute approximate surface area is 106 Å². The Morgan fingerprint density at radius 2 is 2.00 bits per heavy atom. The number of aromatic amines is 1. The highest BCUT2D eigenvalue weighted by molar-refractivity contribution is 5.34. The van der Waals surface area contributed by atoms with E-state index in [1.807, 2.05) is 18.2 Å². The van der Waals surface area contributed by atoms with E-state index in [9.17, 15) is 4.79 Å². The van der Waals surface area contributed by atoms with Gasteiger partial charge in [-0.25, -0.2) is 4.98 Å². The molecule has 1 heterocycles. The van der Waals surface area contributed by atoms with Crippen LogP contribution in [0.25, 0.3) is 0 Å². The first kappa shape index (κ1) is 12.4. The highest BCUT2D eigenvalue weighted by atomic mass is 16.1. The molecular weight excluding hydrogens is 226 g/mol. The summed E-state index contributed by atoms with van der Waals surface area (Å²) in [4.78, 5) is 17.7. The summed E-state index contributed by atoms with van der Waals surface area (Å²) in [5.74, 6) is 0.600. The molecule has 0 amide bonds. The number of H-pyrrole nitrogens is 1. The van der Waals surface area contributed by atoms with E-state index < -0.39 is 0 Å². The number of aromatic nitrogens is 2. The average molecular weight is 243 g/mol. The number of hydrogen-bond acceptors (Lipinski definition) is 3. The smallest absolute Gasteiger partial charge is 0.252 e. The lowest BCUT2D eigenvalue weighted by Crippen LogP contribution is -2.28. The maximum Gasteiger partial charge on any atom is 0.252 e. The highest BCUT2D eigenvalue weighted by Crippen LogP contribution is 2.22. The van der Waals surface area contributed by atoms with Crippen LogP contribution in [0.2, 0.25) is 0 Å². The highest BCUT2D eigenvalue weighted by Gasteiger charge is 2.19. The first-order chi connectivity index (χ1) is 8.58. The van der Waals surface area contributed by atoms with Crippen LogP contribution in [0.5, 0.6) is 0 Å². The number of anilines is 1. The maximum absolute atomic E-state index is 11.1. The third-order valence-corrected chi connectivity index (χ3v) is 2.94. The molecule has 0 aliphatic carbocycles. The average Bonchev–Trinajstić information content (AvgIpc) is 2.38.